The van der Waals surface area contributed by atoms with Crippen molar-refractivity contribution in [2.45, 2.75) is 52.6 Å². The molecule has 0 aromatic heterocycles. The Morgan fingerprint density at radius 3 is 2.06 bits per heavy atom. The largest absolute Gasteiger partial charge is 0.545 e. The maximum absolute atomic E-state index is 11.2. The zero-order chi connectivity index (χ0) is 14.1. The fraction of sp³-hybridized carbons (Fsp3) is 0.533. The number of carbonyl (C=O) groups is 1. The molecule has 0 amide bonds. The monoisotopic (exact) mass is 249 g/mol. The molecule has 0 radical (unpaired) electrons. The number of para-hydroxylation sites is 1. The molecule has 100 valence electrons. The lowest BCUT2D eigenvalue weighted by Gasteiger charge is -2.30. The van der Waals surface area contributed by atoms with Gasteiger partial charge < -0.3 is 14.6 Å². The van der Waals surface area contributed by atoms with E-state index in [2.05, 4.69) is 0 Å². The summed E-state index contributed by atoms with van der Waals surface area (Å²) in [5, 5.41) is 11.2. The number of carbonyl (C=O) groups excluding carboxylic acids is 1. The first kappa shape index (κ1) is 14.6. The van der Waals surface area contributed by atoms with Crippen molar-refractivity contribution >= 4 is 5.97 Å². The lowest BCUT2D eigenvalue weighted by Crippen LogP contribution is -2.30. The van der Waals surface area contributed by atoms with E-state index in [4.69, 9.17) is 4.74 Å². The molecule has 3 nitrogen and oxygen atoms in total. The van der Waals surface area contributed by atoms with E-state index >= 15 is 0 Å². The summed E-state index contributed by atoms with van der Waals surface area (Å²) < 4.78 is 5.83. The van der Waals surface area contributed by atoms with Crippen LogP contribution in [0.4, 0.5) is 0 Å². The van der Waals surface area contributed by atoms with Crippen LogP contribution in [-0.4, -0.2) is 11.6 Å². The predicted molar refractivity (Wildman–Crippen MR) is 69.9 cm³/mol. The fourth-order valence-corrected chi connectivity index (χ4v) is 1.70. The molecular weight excluding hydrogens is 228 g/mol. The molecule has 0 atom stereocenters. The smallest absolute Gasteiger partial charge is 0.132 e. The molecule has 0 aliphatic heterocycles. The second kappa shape index (κ2) is 4.63. The molecule has 0 saturated heterocycles. The van der Waals surface area contributed by atoms with E-state index in [9.17, 15) is 9.90 Å². The Bertz CT molecular complexity index is 448. The van der Waals surface area contributed by atoms with Crippen LogP contribution >= 0.6 is 0 Å². The van der Waals surface area contributed by atoms with Gasteiger partial charge in [0.05, 0.1) is 5.97 Å². The van der Waals surface area contributed by atoms with E-state index in [0.29, 0.717) is 5.75 Å². The molecule has 3 heteroatoms. The fourth-order valence-electron chi connectivity index (χ4n) is 1.70. The highest BCUT2D eigenvalue weighted by molar-refractivity contribution is 5.90. The van der Waals surface area contributed by atoms with Gasteiger partial charge in [0.1, 0.15) is 11.4 Å². The Morgan fingerprint density at radius 1 is 1.11 bits per heavy atom. The van der Waals surface area contributed by atoms with Crippen molar-refractivity contribution < 1.29 is 14.6 Å². The average molecular weight is 249 g/mol. The third kappa shape index (κ3) is 3.49. The summed E-state index contributed by atoms with van der Waals surface area (Å²) in [5.41, 5.74) is 0.342. The number of carboxylic acid groups (broad SMARTS) is 1. The third-order valence-electron chi connectivity index (χ3n) is 2.45. The minimum atomic E-state index is -1.21. The number of benzene rings is 1. The van der Waals surface area contributed by atoms with E-state index in [-0.39, 0.29) is 11.0 Å². The topological polar surface area (TPSA) is 49.4 Å². The zero-order valence-electron chi connectivity index (χ0n) is 12.0. The van der Waals surface area contributed by atoms with Crippen molar-refractivity contribution in [3.63, 3.8) is 0 Å². The summed E-state index contributed by atoms with van der Waals surface area (Å²) >= 11 is 0. The van der Waals surface area contributed by atoms with Gasteiger partial charge in [-0.3, -0.25) is 0 Å². The first-order valence-electron chi connectivity index (χ1n) is 6.06. The van der Waals surface area contributed by atoms with Gasteiger partial charge in [-0.25, -0.2) is 0 Å². The summed E-state index contributed by atoms with van der Waals surface area (Å²) in [5.74, 6) is -0.794. The quantitative estimate of drug-likeness (QED) is 0.809. The number of rotatable bonds is 2. The number of hydrogen-bond donors (Lipinski definition) is 0. The van der Waals surface area contributed by atoms with E-state index in [0.717, 1.165) is 5.56 Å². The lowest BCUT2D eigenvalue weighted by atomic mass is 9.85. The summed E-state index contributed by atoms with van der Waals surface area (Å²) in [4.78, 5) is 11.2. The van der Waals surface area contributed by atoms with Crippen LogP contribution in [0.25, 0.3) is 0 Å². The highest BCUT2D eigenvalue weighted by Crippen LogP contribution is 2.35. The SMILES string of the molecule is CC(C)(C)Oc1c(C(=O)[O-])cccc1C(C)(C)C. The van der Waals surface area contributed by atoms with E-state index in [1.807, 2.05) is 47.6 Å². The number of aromatic carboxylic acids is 1. The minimum Gasteiger partial charge on any atom is -0.545 e. The van der Waals surface area contributed by atoms with Crippen molar-refractivity contribution in [1.29, 1.82) is 0 Å². The van der Waals surface area contributed by atoms with Crippen LogP contribution in [-0.2, 0) is 5.41 Å². The van der Waals surface area contributed by atoms with Crippen LogP contribution in [0.2, 0.25) is 0 Å². The molecule has 0 spiro atoms. The molecule has 1 aromatic carbocycles. The van der Waals surface area contributed by atoms with Crippen LogP contribution in [0, 0.1) is 0 Å². The van der Waals surface area contributed by atoms with Gasteiger partial charge in [0.15, 0.2) is 0 Å². The normalized spacial score (nSPS) is 12.3. The van der Waals surface area contributed by atoms with Gasteiger partial charge in [0.25, 0.3) is 0 Å². The molecule has 0 aliphatic carbocycles. The van der Waals surface area contributed by atoms with E-state index in [1.54, 1.807) is 6.07 Å². The third-order valence-corrected chi connectivity index (χ3v) is 2.45. The van der Waals surface area contributed by atoms with Crippen molar-refractivity contribution in [3.8, 4) is 5.75 Å². The maximum atomic E-state index is 11.2. The minimum absolute atomic E-state index is 0.109. The Kier molecular flexibility index (Phi) is 3.75. The summed E-state index contributed by atoms with van der Waals surface area (Å²) in [6.45, 7) is 11.8. The van der Waals surface area contributed by atoms with Gasteiger partial charge >= 0.3 is 0 Å². The Balaban J connectivity index is 3.45. The first-order valence-corrected chi connectivity index (χ1v) is 6.06. The van der Waals surface area contributed by atoms with Gasteiger partial charge in [0.2, 0.25) is 0 Å². The summed E-state index contributed by atoms with van der Waals surface area (Å²) in [6, 6.07) is 5.14. The zero-order valence-corrected chi connectivity index (χ0v) is 12.0. The van der Waals surface area contributed by atoms with Crippen molar-refractivity contribution in [2.24, 2.45) is 0 Å². The van der Waals surface area contributed by atoms with Gasteiger partial charge in [-0.05, 0) is 32.3 Å². The highest BCUT2D eigenvalue weighted by atomic mass is 16.5. The van der Waals surface area contributed by atoms with Gasteiger partial charge in [0, 0.05) is 11.1 Å². The van der Waals surface area contributed by atoms with Crippen LogP contribution in [0.1, 0.15) is 57.5 Å². The molecule has 1 rings (SSSR count). The first-order chi connectivity index (χ1) is 8.02. The number of ether oxygens (including phenoxy) is 1. The average Bonchev–Trinajstić information content (AvgIpc) is 2.13. The van der Waals surface area contributed by atoms with Gasteiger partial charge in [-0.1, -0.05) is 32.9 Å². The van der Waals surface area contributed by atoms with Crippen molar-refractivity contribution in [2.75, 3.05) is 0 Å². The Hall–Kier alpha value is -1.51. The molecule has 0 heterocycles. The standard InChI is InChI=1S/C15H22O3/c1-14(2,3)11-9-7-8-10(13(16)17)12(11)18-15(4,5)6/h7-9H,1-6H3,(H,16,17)/p-1. The maximum Gasteiger partial charge on any atom is 0.132 e. The number of hydrogen-bond acceptors (Lipinski definition) is 3. The van der Waals surface area contributed by atoms with Crippen LogP contribution in [0.15, 0.2) is 18.2 Å². The van der Waals surface area contributed by atoms with Gasteiger partial charge in [-0.15, -0.1) is 0 Å². The van der Waals surface area contributed by atoms with E-state index in [1.165, 1.54) is 6.07 Å². The number of carboxylic acids is 1. The molecule has 0 saturated carbocycles. The Morgan fingerprint density at radius 2 is 1.67 bits per heavy atom. The van der Waals surface area contributed by atoms with Crippen LogP contribution in [0.5, 0.6) is 5.75 Å². The van der Waals surface area contributed by atoms with Crippen LogP contribution in [0.3, 0.4) is 0 Å². The van der Waals surface area contributed by atoms with Crippen LogP contribution < -0.4 is 9.84 Å². The lowest BCUT2D eigenvalue weighted by molar-refractivity contribution is -0.255. The molecule has 1 aromatic rings. The summed E-state index contributed by atoms with van der Waals surface area (Å²) in [6.07, 6.45) is 0. The van der Waals surface area contributed by atoms with Crippen molar-refractivity contribution in [3.05, 3.63) is 29.3 Å². The molecule has 0 bridgehead atoms. The molecule has 0 N–H and O–H groups in total. The summed E-state index contributed by atoms with van der Waals surface area (Å²) in [7, 11) is 0. The molecule has 0 fully saturated rings. The Labute approximate surface area is 109 Å². The van der Waals surface area contributed by atoms with Gasteiger partial charge in [-0.2, -0.15) is 0 Å². The molecule has 0 aliphatic rings. The van der Waals surface area contributed by atoms with Crippen molar-refractivity contribution in [1.82, 2.24) is 0 Å². The second-order valence-corrected chi connectivity index (χ2v) is 6.43. The highest BCUT2D eigenvalue weighted by Gasteiger charge is 2.24. The second-order valence-electron chi connectivity index (χ2n) is 6.43. The molecule has 18 heavy (non-hydrogen) atoms. The molecular formula is C15H21O3-. The van der Waals surface area contributed by atoms with E-state index < -0.39 is 11.6 Å². The molecule has 0 unspecified atom stereocenters. The predicted octanol–water partition coefficient (Wildman–Crippen LogP) is 2.52.